The quantitative estimate of drug-likeness (QED) is 0.477. The lowest BCUT2D eigenvalue weighted by Crippen LogP contribution is -2.26. The Morgan fingerprint density at radius 1 is 1.28 bits per heavy atom. The monoisotopic (exact) mass is 300 g/mol. The SMILES string of the molecule is CSc1cc2c(cc1C=O)C(SC)(SC)CCO2. The number of carbonyl (C=O) groups excluding carboxylic acids is 1. The molecule has 0 aromatic heterocycles. The number of ether oxygens (including phenoxy) is 1. The average molecular weight is 300 g/mol. The highest BCUT2D eigenvalue weighted by Gasteiger charge is 2.37. The summed E-state index contributed by atoms with van der Waals surface area (Å²) in [7, 11) is 0. The Morgan fingerprint density at radius 3 is 2.56 bits per heavy atom. The van der Waals surface area contributed by atoms with Crippen molar-refractivity contribution in [1.82, 2.24) is 0 Å². The van der Waals surface area contributed by atoms with Crippen LogP contribution in [-0.2, 0) is 4.08 Å². The molecule has 0 unspecified atom stereocenters. The minimum Gasteiger partial charge on any atom is -0.493 e. The van der Waals surface area contributed by atoms with Crippen LogP contribution in [0.1, 0.15) is 22.3 Å². The van der Waals surface area contributed by atoms with Crippen molar-refractivity contribution in [3.63, 3.8) is 0 Å². The number of hydrogen-bond donors (Lipinski definition) is 0. The van der Waals surface area contributed by atoms with Crippen LogP contribution in [0.3, 0.4) is 0 Å². The molecule has 1 aliphatic heterocycles. The molecule has 5 heteroatoms. The molecule has 18 heavy (non-hydrogen) atoms. The van der Waals surface area contributed by atoms with Crippen LogP contribution in [0, 0.1) is 0 Å². The van der Waals surface area contributed by atoms with Crippen LogP contribution >= 0.6 is 35.3 Å². The van der Waals surface area contributed by atoms with Crippen molar-refractivity contribution in [1.29, 1.82) is 0 Å². The van der Waals surface area contributed by atoms with Gasteiger partial charge in [-0.15, -0.1) is 35.3 Å². The summed E-state index contributed by atoms with van der Waals surface area (Å²) in [6, 6.07) is 4.00. The van der Waals surface area contributed by atoms with Gasteiger partial charge in [-0.25, -0.2) is 0 Å². The Morgan fingerprint density at radius 2 is 2.00 bits per heavy atom. The highest BCUT2D eigenvalue weighted by Crippen LogP contribution is 2.53. The smallest absolute Gasteiger partial charge is 0.151 e. The van der Waals surface area contributed by atoms with E-state index in [0.717, 1.165) is 41.1 Å². The standard InChI is InChI=1S/C13H16O2S3/c1-16-12-7-11-10(6-9(12)8-14)13(17-2,18-3)4-5-15-11/h6-8H,4-5H2,1-3H3. The van der Waals surface area contributed by atoms with Crippen molar-refractivity contribution in [2.45, 2.75) is 15.4 Å². The lowest BCUT2D eigenvalue weighted by molar-refractivity contribution is 0.112. The van der Waals surface area contributed by atoms with Gasteiger partial charge in [0.25, 0.3) is 0 Å². The van der Waals surface area contributed by atoms with E-state index in [0.29, 0.717) is 0 Å². The largest absolute Gasteiger partial charge is 0.493 e. The fourth-order valence-electron chi connectivity index (χ4n) is 2.20. The summed E-state index contributed by atoms with van der Waals surface area (Å²) >= 11 is 5.24. The van der Waals surface area contributed by atoms with Gasteiger partial charge in [-0.2, -0.15) is 0 Å². The van der Waals surface area contributed by atoms with Crippen LogP contribution in [0.15, 0.2) is 17.0 Å². The van der Waals surface area contributed by atoms with Gasteiger partial charge in [0.2, 0.25) is 0 Å². The molecule has 0 bridgehead atoms. The van der Waals surface area contributed by atoms with Crippen LogP contribution in [0.25, 0.3) is 0 Å². The van der Waals surface area contributed by atoms with Gasteiger partial charge < -0.3 is 4.74 Å². The molecule has 0 amide bonds. The summed E-state index contributed by atoms with van der Waals surface area (Å²) in [5.41, 5.74) is 1.91. The highest BCUT2D eigenvalue weighted by molar-refractivity contribution is 8.16. The molecular weight excluding hydrogens is 284 g/mol. The molecule has 0 N–H and O–H groups in total. The molecule has 98 valence electrons. The summed E-state index contributed by atoms with van der Waals surface area (Å²) < 4.78 is 5.78. The molecule has 1 aliphatic rings. The Kier molecular flexibility index (Phi) is 4.56. The molecule has 2 rings (SSSR count). The molecule has 0 saturated carbocycles. The summed E-state index contributed by atoms with van der Waals surface area (Å²) in [4.78, 5) is 12.2. The first-order valence-corrected chi connectivity index (χ1v) is 9.29. The molecule has 0 saturated heterocycles. The molecule has 0 aliphatic carbocycles. The number of thioether (sulfide) groups is 3. The Balaban J connectivity index is 2.60. The second kappa shape index (κ2) is 5.80. The molecule has 2 nitrogen and oxygen atoms in total. The zero-order chi connectivity index (χ0) is 13.2. The number of rotatable bonds is 4. The second-order valence-corrected chi connectivity index (χ2v) is 7.28. The fraction of sp³-hybridized carbons (Fsp3) is 0.462. The fourth-order valence-corrected chi connectivity index (χ4v) is 4.77. The van der Waals surface area contributed by atoms with Gasteiger partial charge >= 0.3 is 0 Å². The number of fused-ring (bicyclic) bond motifs is 1. The normalized spacial score (nSPS) is 16.8. The van der Waals surface area contributed by atoms with E-state index < -0.39 is 0 Å². The van der Waals surface area contributed by atoms with Crippen LogP contribution in [-0.4, -0.2) is 31.7 Å². The van der Waals surface area contributed by atoms with Crippen LogP contribution in [0.2, 0.25) is 0 Å². The summed E-state index contributed by atoms with van der Waals surface area (Å²) in [6.45, 7) is 0.739. The number of aldehydes is 1. The zero-order valence-electron chi connectivity index (χ0n) is 10.7. The minimum absolute atomic E-state index is 0.0162. The average Bonchev–Trinajstić information content (AvgIpc) is 2.44. The summed E-state index contributed by atoms with van der Waals surface area (Å²) in [6.07, 6.45) is 8.13. The van der Waals surface area contributed by atoms with E-state index in [1.54, 1.807) is 11.8 Å². The lowest BCUT2D eigenvalue weighted by atomic mass is 10.0. The first-order valence-electron chi connectivity index (χ1n) is 5.61. The van der Waals surface area contributed by atoms with Gasteiger partial charge in [0.1, 0.15) is 5.75 Å². The molecule has 0 radical (unpaired) electrons. The van der Waals surface area contributed by atoms with Crippen molar-refractivity contribution >= 4 is 41.6 Å². The number of carbonyl (C=O) groups is 1. The maximum absolute atomic E-state index is 11.2. The van der Waals surface area contributed by atoms with E-state index in [4.69, 9.17) is 4.74 Å². The van der Waals surface area contributed by atoms with Crippen molar-refractivity contribution in [2.24, 2.45) is 0 Å². The van der Waals surface area contributed by atoms with E-state index in [9.17, 15) is 4.79 Å². The third-order valence-corrected chi connectivity index (χ3v) is 7.18. The lowest BCUT2D eigenvalue weighted by Gasteiger charge is -2.36. The zero-order valence-corrected chi connectivity index (χ0v) is 13.1. The summed E-state index contributed by atoms with van der Waals surface area (Å²) in [5.74, 6) is 0.930. The second-order valence-electron chi connectivity index (χ2n) is 3.97. The predicted octanol–water partition coefficient (Wildman–Crippen LogP) is 3.88. The third-order valence-electron chi connectivity index (χ3n) is 3.22. The minimum atomic E-state index is 0.0162. The van der Waals surface area contributed by atoms with Gasteiger partial charge in [-0.1, -0.05) is 0 Å². The highest BCUT2D eigenvalue weighted by atomic mass is 32.2. The van der Waals surface area contributed by atoms with Gasteiger partial charge in [0.05, 0.1) is 10.7 Å². The predicted molar refractivity (Wildman–Crippen MR) is 82.4 cm³/mol. The van der Waals surface area contributed by atoms with E-state index in [1.807, 2.05) is 41.9 Å². The molecule has 1 heterocycles. The Bertz CT molecular complexity index is 456. The number of hydrogen-bond acceptors (Lipinski definition) is 5. The maximum Gasteiger partial charge on any atom is 0.151 e. The van der Waals surface area contributed by atoms with Gasteiger partial charge in [0, 0.05) is 22.4 Å². The van der Waals surface area contributed by atoms with E-state index in [-0.39, 0.29) is 4.08 Å². The first kappa shape index (κ1) is 14.2. The van der Waals surface area contributed by atoms with Crippen LogP contribution in [0.5, 0.6) is 5.75 Å². The topological polar surface area (TPSA) is 26.3 Å². The van der Waals surface area contributed by atoms with E-state index in [1.165, 1.54) is 0 Å². The number of benzene rings is 1. The van der Waals surface area contributed by atoms with Crippen molar-refractivity contribution in [2.75, 3.05) is 25.4 Å². The Labute approximate surface area is 121 Å². The molecular formula is C13H16O2S3. The molecule has 0 fully saturated rings. The van der Waals surface area contributed by atoms with Crippen molar-refractivity contribution < 1.29 is 9.53 Å². The Hall–Kier alpha value is -0.260. The van der Waals surface area contributed by atoms with Crippen LogP contribution in [0.4, 0.5) is 0 Å². The van der Waals surface area contributed by atoms with Gasteiger partial charge in [0.15, 0.2) is 6.29 Å². The molecule has 1 aromatic rings. The van der Waals surface area contributed by atoms with E-state index in [2.05, 4.69) is 12.5 Å². The van der Waals surface area contributed by atoms with E-state index >= 15 is 0 Å². The first-order chi connectivity index (χ1) is 8.70. The maximum atomic E-state index is 11.2. The van der Waals surface area contributed by atoms with Gasteiger partial charge in [-0.3, -0.25) is 4.79 Å². The summed E-state index contributed by atoms with van der Waals surface area (Å²) in [5, 5.41) is 0. The van der Waals surface area contributed by atoms with Crippen molar-refractivity contribution in [3.05, 3.63) is 23.3 Å². The third kappa shape index (κ3) is 2.28. The molecule has 0 spiro atoms. The van der Waals surface area contributed by atoms with Gasteiger partial charge in [-0.05, 0) is 30.9 Å². The molecule has 1 aromatic carbocycles. The van der Waals surface area contributed by atoms with Crippen molar-refractivity contribution in [3.8, 4) is 5.75 Å². The molecule has 0 atom stereocenters. The van der Waals surface area contributed by atoms with Crippen LogP contribution < -0.4 is 4.74 Å².